The van der Waals surface area contributed by atoms with Gasteiger partial charge in [0, 0.05) is 37.3 Å². The van der Waals surface area contributed by atoms with Gasteiger partial charge in [-0.15, -0.1) is 11.3 Å². The molecular weight excluding hydrogens is 284 g/mol. The molecule has 0 aromatic carbocycles. The Morgan fingerprint density at radius 1 is 1.43 bits per heavy atom. The van der Waals surface area contributed by atoms with Crippen LogP contribution >= 0.6 is 11.3 Å². The molecule has 0 spiro atoms. The van der Waals surface area contributed by atoms with Crippen LogP contribution in [0.1, 0.15) is 33.1 Å². The lowest BCUT2D eigenvalue weighted by Gasteiger charge is -2.44. The van der Waals surface area contributed by atoms with Gasteiger partial charge >= 0.3 is 0 Å². The topological polar surface area (TPSA) is 62.5 Å². The van der Waals surface area contributed by atoms with E-state index in [9.17, 15) is 4.79 Å². The highest BCUT2D eigenvalue weighted by molar-refractivity contribution is 7.13. The number of anilines is 1. The molecule has 0 saturated carbocycles. The van der Waals surface area contributed by atoms with E-state index in [1.807, 2.05) is 16.5 Å². The highest BCUT2D eigenvalue weighted by Crippen LogP contribution is 2.32. The molecule has 1 aromatic heterocycles. The maximum atomic E-state index is 12.9. The zero-order valence-electron chi connectivity index (χ0n) is 12.8. The van der Waals surface area contributed by atoms with E-state index < -0.39 is 0 Å². The van der Waals surface area contributed by atoms with E-state index in [4.69, 9.17) is 5.73 Å². The summed E-state index contributed by atoms with van der Waals surface area (Å²) in [5.41, 5.74) is 6.17. The fraction of sp³-hybridized carbons (Fsp3) is 0.733. The largest absolute Gasteiger partial charge is 0.340 e. The summed E-state index contributed by atoms with van der Waals surface area (Å²) in [6.07, 6.45) is 4.69. The molecule has 2 aliphatic rings. The number of hydrogen-bond acceptors (Lipinski definition) is 5. The van der Waals surface area contributed by atoms with Crippen LogP contribution in [0.4, 0.5) is 5.13 Å². The summed E-state index contributed by atoms with van der Waals surface area (Å²) >= 11 is 1.61. The van der Waals surface area contributed by atoms with Gasteiger partial charge in [-0.2, -0.15) is 0 Å². The number of likely N-dealkylation sites (tertiary alicyclic amines) is 1. The van der Waals surface area contributed by atoms with Crippen LogP contribution < -0.4 is 10.6 Å². The van der Waals surface area contributed by atoms with Gasteiger partial charge in [-0.3, -0.25) is 4.79 Å². The number of carbonyl (C=O) groups excluding carboxylic acids is 1. The summed E-state index contributed by atoms with van der Waals surface area (Å²) in [7, 11) is 0. The van der Waals surface area contributed by atoms with E-state index >= 15 is 0 Å². The van der Waals surface area contributed by atoms with Crippen LogP contribution in [0.5, 0.6) is 0 Å². The summed E-state index contributed by atoms with van der Waals surface area (Å²) in [6, 6.07) is 0.140. The second-order valence-corrected chi connectivity index (χ2v) is 7.68. The summed E-state index contributed by atoms with van der Waals surface area (Å²) in [5, 5.41) is 2.94. The minimum absolute atomic E-state index is 0.00146. The van der Waals surface area contributed by atoms with Gasteiger partial charge in [0.05, 0.1) is 0 Å². The fourth-order valence-electron chi connectivity index (χ4n) is 3.38. The summed E-state index contributed by atoms with van der Waals surface area (Å²) < 4.78 is 0. The molecule has 116 valence electrons. The number of piperidine rings is 1. The Bertz CT molecular complexity index is 502. The molecule has 2 saturated heterocycles. The van der Waals surface area contributed by atoms with Crippen LogP contribution in [0.3, 0.4) is 0 Å². The number of nitrogens with zero attached hydrogens (tertiary/aromatic N) is 3. The Kier molecular flexibility index (Phi) is 3.92. The van der Waals surface area contributed by atoms with Crippen molar-refractivity contribution in [3.8, 4) is 0 Å². The van der Waals surface area contributed by atoms with Crippen molar-refractivity contribution < 1.29 is 4.79 Å². The molecule has 2 fully saturated rings. The maximum Gasteiger partial charge on any atom is 0.245 e. The predicted octanol–water partition coefficient (Wildman–Crippen LogP) is 1.70. The maximum absolute atomic E-state index is 12.9. The molecule has 0 aliphatic carbocycles. The molecule has 0 bridgehead atoms. The summed E-state index contributed by atoms with van der Waals surface area (Å²) in [6.45, 7) is 6.79. The molecule has 5 nitrogen and oxygen atoms in total. The molecule has 2 atom stereocenters. The second kappa shape index (κ2) is 5.57. The standard InChI is InChI=1S/C15H24N4OS/c1-15(2)10-18(8-5-12(15)16)13(20)11-4-3-7-19(11)14-17-6-9-21-14/h6,9,11-12H,3-5,7-8,10,16H2,1-2H3. The minimum atomic E-state index is -0.0405. The zero-order chi connectivity index (χ0) is 15.0. The Morgan fingerprint density at radius 2 is 2.24 bits per heavy atom. The fourth-order valence-corrected chi connectivity index (χ4v) is 4.10. The third-order valence-electron chi connectivity index (χ3n) is 4.83. The molecule has 3 heterocycles. The average molecular weight is 308 g/mol. The molecule has 1 aromatic rings. The smallest absolute Gasteiger partial charge is 0.245 e. The van der Waals surface area contributed by atoms with Crippen molar-refractivity contribution in [2.45, 2.75) is 45.2 Å². The lowest BCUT2D eigenvalue weighted by Crippen LogP contribution is -2.57. The van der Waals surface area contributed by atoms with Gasteiger partial charge in [0.25, 0.3) is 0 Å². The second-order valence-electron chi connectivity index (χ2n) is 6.81. The van der Waals surface area contributed by atoms with Crippen LogP contribution in [0.25, 0.3) is 0 Å². The molecule has 1 amide bonds. The van der Waals surface area contributed by atoms with Crippen molar-refractivity contribution in [2.75, 3.05) is 24.5 Å². The van der Waals surface area contributed by atoms with Crippen molar-refractivity contribution in [1.82, 2.24) is 9.88 Å². The van der Waals surface area contributed by atoms with Crippen molar-refractivity contribution in [3.05, 3.63) is 11.6 Å². The van der Waals surface area contributed by atoms with Crippen LogP contribution in [0, 0.1) is 5.41 Å². The van der Waals surface area contributed by atoms with E-state index in [0.717, 1.165) is 44.0 Å². The number of rotatable bonds is 2. The van der Waals surface area contributed by atoms with Crippen LogP contribution in [0.15, 0.2) is 11.6 Å². The zero-order valence-corrected chi connectivity index (χ0v) is 13.6. The molecule has 3 rings (SSSR count). The first-order valence-electron chi connectivity index (χ1n) is 7.69. The Labute approximate surface area is 130 Å². The number of nitrogens with two attached hydrogens (primary N) is 1. The average Bonchev–Trinajstić information content (AvgIpc) is 3.09. The molecule has 2 aliphatic heterocycles. The van der Waals surface area contributed by atoms with E-state index in [0.29, 0.717) is 0 Å². The van der Waals surface area contributed by atoms with E-state index in [-0.39, 0.29) is 23.4 Å². The van der Waals surface area contributed by atoms with Gasteiger partial charge in [0.15, 0.2) is 5.13 Å². The quantitative estimate of drug-likeness (QED) is 0.903. The lowest BCUT2D eigenvalue weighted by atomic mass is 9.79. The first kappa shape index (κ1) is 14.8. The number of aromatic nitrogens is 1. The van der Waals surface area contributed by atoms with Crippen molar-refractivity contribution in [3.63, 3.8) is 0 Å². The van der Waals surface area contributed by atoms with E-state index in [1.54, 1.807) is 11.3 Å². The van der Waals surface area contributed by atoms with Gasteiger partial charge < -0.3 is 15.5 Å². The van der Waals surface area contributed by atoms with Crippen molar-refractivity contribution >= 4 is 22.4 Å². The predicted molar refractivity (Wildman–Crippen MR) is 85.4 cm³/mol. The van der Waals surface area contributed by atoms with Crippen LogP contribution in [0.2, 0.25) is 0 Å². The lowest BCUT2D eigenvalue weighted by molar-refractivity contribution is -0.135. The molecule has 6 heteroatoms. The summed E-state index contributed by atoms with van der Waals surface area (Å²) in [5.74, 6) is 0.252. The van der Waals surface area contributed by atoms with Gasteiger partial charge in [0.2, 0.25) is 5.91 Å². The SMILES string of the molecule is CC1(C)CN(C(=O)C2CCCN2c2nccs2)CCC1N. The Balaban J connectivity index is 1.73. The molecule has 21 heavy (non-hydrogen) atoms. The van der Waals surface area contributed by atoms with E-state index in [2.05, 4.69) is 23.7 Å². The minimum Gasteiger partial charge on any atom is -0.340 e. The molecular formula is C15H24N4OS. The van der Waals surface area contributed by atoms with Crippen molar-refractivity contribution in [2.24, 2.45) is 11.1 Å². The Morgan fingerprint density at radius 3 is 2.90 bits per heavy atom. The number of thiazole rings is 1. The Hall–Kier alpha value is -1.14. The molecule has 0 radical (unpaired) electrons. The van der Waals surface area contributed by atoms with Crippen LogP contribution in [-0.4, -0.2) is 47.5 Å². The molecule has 2 unspecified atom stereocenters. The number of hydrogen-bond donors (Lipinski definition) is 1. The number of amides is 1. The third-order valence-corrected chi connectivity index (χ3v) is 5.64. The van der Waals surface area contributed by atoms with Gasteiger partial charge in [-0.25, -0.2) is 4.98 Å². The van der Waals surface area contributed by atoms with Crippen LogP contribution in [-0.2, 0) is 4.79 Å². The van der Waals surface area contributed by atoms with Crippen molar-refractivity contribution in [1.29, 1.82) is 0 Å². The first-order valence-corrected chi connectivity index (χ1v) is 8.57. The summed E-state index contributed by atoms with van der Waals surface area (Å²) in [4.78, 5) is 21.5. The first-order chi connectivity index (χ1) is 9.99. The van der Waals surface area contributed by atoms with Gasteiger partial charge in [-0.1, -0.05) is 13.8 Å². The third kappa shape index (κ3) is 2.79. The number of carbonyl (C=O) groups is 1. The van der Waals surface area contributed by atoms with Gasteiger partial charge in [-0.05, 0) is 24.7 Å². The molecule has 2 N–H and O–H groups in total. The van der Waals surface area contributed by atoms with Gasteiger partial charge in [0.1, 0.15) is 6.04 Å². The normalized spacial score (nSPS) is 28.9. The highest BCUT2D eigenvalue weighted by Gasteiger charge is 2.40. The highest BCUT2D eigenvalue weighted by atomic mass is 32.1. The van der Waals surface area contributed by atoms with E-state index in [1.165, 1.54) is 0 Å². The monoisotopic (exact) mass is 308 g/mol.